The summed E-state index contributed by atoms with van der Waals surface area (Å²) in [5.74, 6) is 0. The lowest BCUT2D eigenvalue weighted by Gasteiger charge is -2.15. The fourth-order valence-corrected chi connectivity index (χ4v) is 1.47. The fraction of sp³-hybridized carbons (Fsp3) is 0.636. The summed E-state index contributed by atoms with van der Waals surface area (Å²) in [4.78, 5) is 15.6. The summed E-state index contributed by atoms with van der Waals surface area (Å²) in [6.07, 6.45) is 2.31. The zero-order valence-electron chi connectivity index (χ0n) is 9.85. The van der Waals surface area contributed by atoms with Gasteiger partial charge in [0.05, 0.1) is 12.4 Å². The molecule has 1 aromatic heterocycles. The van der Waals surface area contributed by atoms with Crippen LogP contribution in [-0.4, -0.2) is 28.8 Å². The Balaban J connectivity index is 2.56. The molecule has 0 fully saturated rings. The van der Waals surface area contributed by atoms with Crippen LogP contribution < -0.4 is 11.3 Å². The van der Waals surface area contributed by atoms with E-state index in [1.807, 2.05) is 6.92 Å². The zero-order chi connectivity index (χ0) is 12.0. The zero-order valence-corrected chi connectivity index (χ0v) is 9.85. The molecule has 1 atom stereocenters. The van der Waals surface area contributed by atoms with E-state index < -0.39 is 0 Å². The lowest BCUT2D eigenvalue weighted by Crippen LogP contribution is -2.28. The Bertz CT molecular complexity index is 376. The van der Waals surface area contributed by atoms with Crippen molar-refractivity contribution in [2.24, 2.45) is 5.73 Å². The van der Waals surface area contributed by atoms with Crippen molar-refractivity contribution in [3.8, 4) is 0 Å². The van der Waals surface area contributed by atoms with E-state index in [0.29, 0.717) is 19.7 Å². The topological polar surface area (TPSA) is 70.1 Å². The largest absolute Gasteiger partial charge is 0.377 e. The van der Waals surface area contributed by atoms with Crippen molar-refractivity contribution in [3.63, 3.8) is 0 Å². The number of nitrogens with two attached hydrogens (primary N) is 1. The van der Waals surface area contributed by atoms with Gasteiger partial charge in [-0.15, -0.1) is 0 Å². The molecule has 0 aliphatic carbocycles. The molecule has 5 nitrogen and oxygen atoms in total. The van der Waals surface area contributed by atoms with Crippen LogP contribution in [0.1, 0.15) is 19.0 Å². The highest BCUT2D eigenvalue weighted by atomic mass is 16.5. The SMILES string of the molecule is CCOC(CN)CCn1cnc(C)cc1=O. The summed E-state index contributed by atoms with van der Waals surface area (Å²) in [5.41, 5.74) is 6.27. The third-order valence-electron chi connectivity index (χ3n) is 2.37. The predicted octanol–water partition coefficient (Wildman–Crippen LogP) is 0.306. The van der Waals surface area contributed by atoms with Crippen LogP contribution in [0.2, 0.25) is 0 Å². The second kappa shape index (κ2) is 6.40. The summed E-state index contributed by atoms with van der Waals surface area (Å²) >= 11 is 0. The minimum atomic E-state index is -0.0280. The summed E-state index contributed by atoms with van der Waals surface area (Å²) in [5, 5.41) is 0. The van der Waals surface area contributed by atoms with Crippen LogP contribution in [0.4, 0.5) is 0 Å². The van der Waals surface area contributed by atoms with E-state index in [2.05, 4.69) is 4.98 Å². The van der Waals surface area contributed by atoms with Gasteiger partial charge >= 0.3 is 0 Å². The molecule has 1 aromatic rings. The molecule has 0 saturated heterocycles. The average Bonchev–Trinajstić information content (AvgIpc) is 2.26. The monoisotopic (exact) mass is 225 g/mol. The number of aromatic nitrogens is 2. The standard InChI is InChI=1S/C11H19N3O2/c1-3-16-10(7-12)4-5-14-8-13-9(2)6-11(14)15/h6,8,10H,3-5,7,12H2,1-2H3. The van der Waals surface area contributed by atoms with Crippen LogP contribution in [0.25, 0.3) is 0 Å². The quantitative estimate of drug-likeness (QED) is 0.756. The van der Waals surface area contributed by atoms with Crippen LogP contribution in [0.5, 0.6) is 0 Å². The Morgan fingerprint density at radius 1 is 1.62 bits per heavy atom. The molecule has 5 heteroatoms. The Kier molecular flexibility index (Phi) is 5.14. The van der Waals surface area contributed by atoms with E-state index in [1.165, 1.54) is 6.07 Å². The van der Waals surface area contributed by atoms with Crippen molar-refractivity contribution in [1.82, 2.24) is 9.55 Å². The molecule has 0 aliphatic heterocycles. The van der Waals surface area contributed by atoms with E-state index in [9.17, 15) is 4.79 Å². The van der Waals surface area contributed by atoms with Crippen LogP contribution in [0, 0.1) is 6.92 Å². The molecule has 1 unspecified atom stereocenters. The lowest BCUT2D eigenvalue weighted by molar-refractivity contribution is 0.0596. The maximum Gasteiger partial charge on any atom is 0.253 e. The van der Waals surface area contributed by atoms with E-state index in [4.69, 9.17) is 10.5 Å². The number of rotatable bonds is 6. The van der Waals surface area contributed by atoms with Gasteiger partial charge in [-0.25, -0.2) is 4.98 Å². The third-order valence-corrected chi connectivity index (χ3v) is 2.37. The first kappa shape index (κ1) is 12.9. The van der Waals surface area contributed by atoms with Gasteiger partial charge in [0.1, 0.15) is 0 Å². The van der Waals surface area contributed by atoms with Crippen molar-refractivity contribution in [2.75, 3.05) is 13.2 Å². The van der Waals surface area contributed by atoms with Crippen LogP contribution in [0.3, 0.4) is 0 Å². The smallest absolute Gasteiger partial charge is 0.253 e. The molecule has 0 aliphatic rings. The van der Waals surface area contributed by atoms with Gasteiger partial charge < -0.3 is 10.5 Å². The molecule has 90 valence electrons. The maximum atomic E-state index is 11.5. The Labute approximate surface area is 95.3 Å². The van der Waals surface area contributed by atoms with Gasteiger partial charge in [-0.1, -0.05) is 0 Å². The van der Waals surface area contributed by atoms with E-state index >= 15 is 0 Å². The summed E-state index contributed by atoms with van der Waals surface area (Å²) in [7, 11) is 0. The van der Waals surface area contributed by atoms with Crippen molar-refractivity contribution < 1.29 is 4.74 Å². The lowest BCUT2D eigenvalue weighted by atomic mass is 10.2. The van der Waals surface area contributed by atoms with Gasteiger partial charge in [-0.05, 0) is 20.3 Å². The minimum Gasteiger partial charge on any atom is -0.377 e. The van der Waals surface area contributed by atoms with Gasteiger partial charge in [0, 0.05) is 31.5 Å². The number of aryl methyl sites for hydroxylation is 2. The molecule has 2 N–H and O–H groups in total. The predicted molar refractivity (Wildman–Crippen MR) is 62.3 cm³/mol. The van der Waals surface area contributed by atoms with Gasteiger partial charge in [0.15, 0.2) is 0 Å². The van der Waals surface area contributed by atoms with Crippen LogP contribution in [0.15, 0.2) is 17.2 Å². The van der Waals surface area contributed by atoms with Crippen molar-refractivity contribution in [2.45, 2.75) is 32.9 Å². The first-order valence-corrected chi connectivity index (χ1v) is 5.52. The third kappa shape index (κ3) is 3.75. The van der Waals surface area contributed by atoms with Crippen molar-refractivity contribution >= 4 is 0 Å². The summed E-state index contributed by atoms with van der Waals surface area (Å²) < 4.78 is 6.99. The first-order valence-electron chi connectivity index (χ1n) is 5.52. The molecule has 0 amide bonds. The summed E-state index contributed by atoms with van der Waals surface area (Å²) in [6.45, 7) is 5.44. The molecule has 1 heterocycles. The first-order chi connectivity index (χ1) is 7.67. The second-order valence-electron chi connectivity index (χ2n) is 3.66. The van der Waals surface area contributed by atoms with E-state index in [-0.39, 0.29) is 11.7 Å². The molecule has 0 radical (unpaired) electrons. The molecule has 0 saturated carbocycles. The molecule has 0 spiro atoms. The van der Waals surface area contributed by atoms with E-state index in [0.717, 1.165) is 12.1 Å². The van der Waals surface area contributed by atoms with Crippen molar-refractivity contribution in [3.05, 3.63) is 28.4 Å². The molecular formula is C11H19N3O2. The molecular weight excluding hydrogens is 206 g/mol. The highest BCUT2D eigenvalue weighted by Gasteiger charge is 2.06. The van der Waals surface area contributed by atoms with Gasteiger partial charge in [-0.3, -0.25) is 9.36 Å². The van der Waals surface area contributed by atoms with Crippen molar-refractivity contribution in [1.29, 1.82) is 0 Å². The van der Waals surface area contributed by atoms with Gasteiger partial charge in [-0.2, -0.15) is 0 Å². The number of nitrogens with zero attached hydrogens (tertiary/aromatic N) is 2. The minimum absolute atomic E-state index is 0.0122. The van der Waals surface area contributed by atoms with E-state index in [1.54, 1.807) is 17.8 Å². The van der Waals surface area contributed by atoms with Gasteiger partial charge in [0.2, 0.25) is 0 Å². The average molecular weight is 225 g/mol. The fourth-order valence-electron chi connectivity index (χ4n) is 1.47. The van der Waals surface area contributed by atoms with Crippen LogP contribution in [-0.2, 0) is 11.3 Å². The molecule has 0 bridgehead atoms. The number of hydrogen-bond donors (Lipinski definition) is 1. The number of hydrogen-bond acceptors (Lipinski definition) is 4. The van der Waals surface area contributed by atoms with Crippen LogP contribution >= 0.6 is 0 Å². The highest BCUT2D eigenvalue weighted by Crippen LogP contribution is 1.98. The second-order valence-corrected chi connectivity index (χ2v) is 3.66. The highest BCUT2D eigenvalue weighted by molar-refractivity contribution is 4.95. The maximum absolute atomic E-state index is 11.5. The molecule has 16 heavy (non-hydrogen) atoms. The Morgan fingerprint density at radius 2 is 2.38 bits per heavy atom. The Hall–Kier alpha value is -1.20. The molecule has 1 rings (SSSR count). The Morgan fingerprint density at radius 3 is 2.94 bits per heavy atom. The van der Waals surface area contributed by atoms with Gasteiger partial charge in [0.25, 0.3) is 5.56 Å². The normalized spacial score (nSPS) is 12.7. The summed E-state index contributed by atoms with van der Waals surface area (Å²) in [6, 6.07) is 1.53. The molecule has 0 aromatic carbocycles. The number of ether oxygens (including phenoxy) is 1.